The summed E-state index contributed by atoms with van der Waals surface area (Å²) in [5, 5.41) is 0. The molecular weight excluding hydrogens is 192 g/mol. The summed E-state index contributed by atoms with van der Waals surface area (Å²) in [5.74, 6) is 0.00880. The number of rotatable bonds is 3. The van der Waals surface area contributed by atoms with Crippen molar-refractivity contribution in [2.24, 2.45) is 0 Å². The number of hydrogen-bond acceptors (Lipinski definition) is 4. The predicted octanol–water partition coefficient (Wildman–Crippen LogP) is 1.80. The first-order chi connectivity index (χ1) is 7.27. The molecular formula is C11H10N2O2. The molecule has 0 saturated carbocycles. The summed E-state index contributed by atoms with van der Waals surface area (Å²) < 4.78 is 4.90. The Hall–Kier alpha value is -1.97. The highest BCUT2D eigenvalue weighted by Gasteiger charge is 2.11. The monoisotopic (exact) mass is 202 g/mol. The highest BCUT2D eigenvalue weighted by atomic mass is 16.3. The van der Waals surface area contributed by atoms with Gasteiger partial charge in [-0.1, -0.05) is 0 Å². The fourth-order valence-corrected chi connectivity index (χ4v) is 1.34. The number of nitrogens with zero attached hydrogens (tertiary/aromatic N) is 2. The van der Waals surface area contributed by atoms with Crippen molar-refractivity contribution >= 4 is 5.78 Å². The van der Waals surface area contributed by atoms with Crippen LogP contribution in [0.5, 0.6) is 0 Å². The maximum Gasteiger partial charge on any atom is 0.170 e. The van der Waals surface area contributed by atoms with E-state index in [-0.39, 0.29) is 5.78 Å². The van der Waals surface area contributed by atoms with Crippen molar-refractivity contribution in [1.82, 2.24) is 9.97 Å². The fourth-order valence-electron chi connectivity index (χ4n) is 1.34. The van der Waals surface area contributed by atoms with Gasteiger partial charge in [-0.3, -0.25) is 4.79 Å². The summed E-state index contributed by atoms with van der Waals surface area (Å²) >= 11 is 0. The molecule has 0 aliphatic rings. The zero-order valence-electron chi connectivity index (χ0n) is 8.30. The molecule has 0 bridgehead atoms. The van der Waals surface area contributed by atoms with Gasteiger partial charge in [-0.25, -0.2) is 9.97 Å². The molecule has 0 atom stereocenters. The number of furan rings is 1. The topological polar surface area (TPSA) is 56.0 Å². The van der Waals surface area contributed by atoms with Crippen LogP contribution in [-0.2, 0) is 6.42 Å². The van der Waals surface area contributed by atoms with Crippen LogP contribution in [0.2, 0.25) is 0 Å². The first-order valence-electron chi connectivity index (χ1n) is 4.58. The molecule has 2 rings (SSSR count). The third-order valence-corrected chi connectivity index (χ3v) is 2.16. The molecule has 0 aliphatic heterocycles. The van der Waals surface area contributed by atoms with Gasteiger partial charge in [0.1, 0.15) is 6.33 Å². The quantitative estimate of drug-likeness (QED) is 0.712. The first kappa shape index (κ1) is 9.58. The van der Waals surface area contributed by atoms with Crippen molar-refractivity contribution in [2.75, 3.05) is 0 Å². The minimum atomic E-state index is 0.00880. The van der Waals surface area contributed by atoms with Crippen molar-refractivity contribution in [2.45, 2.75) is 13.3 Å². The van der Waals surface area contributed by atoms with Crippen molar-refractivity contribution in [3.05, 3.63) is 47.9 Å². The van der Waals surface area contributed by atoms with Gasteiger partial charge in [0.05, 0.1) is 23.8 Å². The summed E-state index contributed by atoms with van der Waals surface area (Å²) in [6, 6.07) is 1.77. The van der Waals surface area contributed by atoms with E-state index in [9.17, 15) is 4.79 Å². The molecule has 2 aromatic rings. The molecule has 2 heterocycles. The van der Waals surface area contributed by atoms with E-state index < -0.39 is 0 Å². The molecule has 0 aliphatic carbocycles. The van der Waals surface area contributed by atoms with Gasteiger partial charge >= 0.3 is 0 Å². The van der Waals surface area contributed by atoms with E-state index in [2.05, 4.69) is 9.97 Å². The minimum Gasteiger partial charge on any atom is -0.472 e. The molecule has 4 heteroatoms. The number of carbonyl (C=O) groups excluding carboxylic acids is 1. The number of hydrogen-bond donors (Lipinski definition) is 0. The van der Waals surface area contributed by atoms with Crippen molar-refractivity contribution in [3.8, 4) is 0 Å². The standard InChI is InChI=1S/C11H10N2O2/c1-8-10(5-12-7-13-8)11(14)4-9-2-3-15-6-9/h2-3,5-7H,4H2,1H3. The molecule has 0 spiro atoms. The minimum absolute atomic E-state index is 0.00880. The molecule has 0 fully saturated rings. The average Bonchev–Trinajstić information content (AvgIpc) is 2.71. The van der Waals surface area contributed by atoms with E-state index >= 15 is 0 Å². The van der Waals surface area contributed by atoms with Gasteiger partial charge in [-0.05, 0) is 18.6 Å². The molecule has 0 unspecified atom stereocenters. The molecule has 15 heavy (non-hydrogen) atoms. The Morgan fingerprint density at radius 3 is 3.07 bits per heavy atom. The van der Waals surface area contributed by atoms with Gasteiger partial charge < -0.3 is 4.42 Å². The smallest absolute Gasteiger partial charge is 0.170 e. The van der Waals surface area contributed by atoms with Crippen LogP contribution in [-0.4, -0.2) is 15.8 Å². The Kier molecular flexibility index (Phi) is 2.58. The lowest BCUT2D eigenvalue weighted by molar-refractivity contribution is 0.0991. The van der Waals surface area contributed by atoms with E-state index in [0.717, 1.165) is 5.56 Å². The average molecular weight is 202 g/mol. The van der Waals surface area contributed by atoms with Crippen LogP contribution in [0.1, 0.15) is 21.6 Å². The molecule has 0 saturated heterocycles. The van der Waals surface area contributed by atoms with Crippen LogP contribution in [0.3, 0.4) is 0 Å². The third kappa shape index (κ3) is 2.10. The molecule has 2 aromatic heterocycles. The normalized spacial score (nSPS) is 10.2. The third-order valence-electron chi connectivity index (χ3n) is 2.16. The zero-order valence-corrected chi connectivity index (χ0v) is 8.30. The van der Waals surface area contributed by atoms with E-state index in [1.54, 1.807) is 31.7 Å². The second kappa shape index (κ2) is 4.04. The number of aryl methyl sites for hydroxylation is 1. The number of aromatic nitrogens is 2. The molecule has 0 amide bonds. The van der Waals surface area contributed by atoms with Crippen LogP contribution < -0.4 is 0 Å². The SMILES string of the molecule is Cc1ncncc1C(=O)Cc1ccoc1. The van der Waals surface area contributed by atoms with E-state index in [1.807, 2.05) is 0 Å². The Labute approximate surface area is 87.0 Å². The fraction of sp³-hybridized carbons (Fsp3) is 0.182. The van der Waals surface area contributed by atoms with Crippen LogP contribution in [0.15, 0.2) is 35.5 Å². The Bertz CT molecular complexity index is 463. The first-order valence-corrected chi connectivity index (χ1v) is 4.58. The largest absolute Gasteiger partial charge is 0.472 e. The lowest BCUT2D eigenvalue weighted by Crippen LogP contribution is -2.06. The van der Waals surface area contributed by atoms with E-state index in [4.69, 9.17) is 4.42 Å². The zero-order chi connectivity index (χ0) is 10.7. The van der Waals surface area contributed by atoms with Gasteiger partial charge in [-0.2, -0.15) is 0 Å². The number of Topliss-reactive ketones (excluding diaryl/α,β-unsaturated/α-hetero) is 1. The summed E-state index contributed by atoms with van der Waals surface area (Å²) in [7, 11) is 0. The molecule has 0 aromatic carbocycles. The summed E-state index contributed by atoms with van der Waals surface area (Å²) in [6.07, 6.45) is 6.42. The van der Waals surface area contributed by atoms with Gasteiger partial charge in [-0.15, -0.1) is 0 Å². The second-order valence-corrected chi connectivity index (χ2v) is 3.25. The molecule has 76 valence electrons. The second-order valence-electron chi connectivity index (χ2n) is 3.25. The van der Waals surface area contributed by atoms with Gasteiger partial charge in [0, 0.05) is 12.6 Å². The van der Waals surface area contributed by atoms with Crippen LogP contribution in [0, 0.1) is 6.92 Å². The lowest BCUT2D eigenvalue weighted by Gasteiger charge is -2.00. The Morgan fingerprint density at radius 2 is 2.40 bits per heavy atom. The van der Waals surface area contributed by atoms with Crippen molar-refractivity contribution in [3.63, 3.8) is 0 Å². The predicted molar refractivity (Wildman–Crippen MR) is 53.5 cm³/mol. The van der Waals surface area contributed by atoms with Crippen LogP contribution in [0.4, 0.5) is 0 Å². The lowest BCUT2D eigenvalue weighted by atomic mass is 10.1. The van der Waals surface area contributed by atoms with Gasteiger partial charge in [0.2, 0.25) is 0 Å². The Balaban J connectivity index is 2.19. The van der Waals surface area contributed by atoms with Gasteiger partial charge in [0.15, 0.2) is 5.78 Å². The van der Waals surface area contributed by atoms with Crippen LogP contribution in [0.25, 0.3) is 0 Å². The summed E-state index contributed by atoms with van der Waals surface area (Å²) in [6.45, 7) is 1.80. The highest BCUT2D eigenvalue weighted by molar-refractivity contribution is 5.98. The Morgan fingerprint density at radius 1 is 1.53 bits per heavy atom. The van der Waals surface area contributed by atoms with Crippen molar-refractivity contribution < 1.29 is 9.21 Å². The number of carbonyl (C=O) groups is 1. The maximum absolute atomic E-state index is 11.8. The molecule has 0 radical (unpaired) electrons. The van der Waals surface area contributed by atoms with Crippen molar-refractivity contribution in [1.29, 1.82) is 0 Å². The highest BCUT2D eigenvalue weighted by Crippen LogP contribution is 2.09. The number of ketones is 1. The molecule has 0 N–H and O–H groups in total. The van der Waals surface area contributed by atoms with Crippen LogP contribution >= 0.6 is 0 Å². The van der Waals surface area contributed by atoms with Gasteiger partial charge in [0.25, 0.3) is 0 Å². The summed E-state index contributed by atoms with van der Waals surface area (Å²) in [5.41, 5.74) is 2.14. The maximum atomic E-state index is 11.8. The summed E-state index contributed by atoms with van der Waals surface area (Å²) in [4.78, 5) is 19.6. The van der Waals surface area contributed by atoms with E-state index in [1.165, 1.54) is 6.33 Å². The molecule has 4 nitrogen and oxygen atoms in total. The van der Waals surface area contributed by atoms with E-state index in [0.29, 0.717) is 17.7 Å².